The molecule has 5 rings (SSSR count). The molecule has 2 aliphatic rings. The Balaban J connectivity index is 1.38. The first-order valence-electron chi connectivity index (χ1n) is 12.6. The zero-order chi connectivity index (χ0) is 24.9. The summed E-state index contributed by atoms with van der Waals surface area (Å²) in [4.78, 5) is 30.6. The Morgan fingerprint density at radius 1 is 0.806 bits per heavy atom. The number of nitrogens with one attached hydrogen (secondary N) is 2. The summed E-state index contributed by atoms with van der Waals surface area (Å²) in [5, 5.41) is 5.72. The average Bonchev–Trinajstić information content (AvgIpc) is 2.93. The number of urea groups is 1. The molecule has 0 atom stereocenters. The highest BCUT2D eigenvalue weighted by Crippen LogP contribution is 2.31. The Labute approximate surface area is 212 Å². The maximum Gasteiger partial charge on any atom is 0.323 e. The van der Waals surface area contributed by atoms with Crippen LogP contribution >= 0.6 is 0 Å². The lowest BCUT2D eigenvalue weighted by molar-refractivity contribution is 0.0725. The van der Waals surface area contributed by atoms with Gasteiger partial charge in [0.1, 0.15) is 5.75 Å². The number of carbonyl (C=O) groups is 2. The van der Waals surface area contributed by atoms with E-state index in [9.17, 15) is 9.59 Å². The Morgan fingerprint density at radius 3 is 2.25 bits per heavy atom. The molecular formula is C29H32N4O3. The van der Waals surface area contributed by atoms with Crippen molar-refractivity contribution in [2.24, 2.45) is 0 Å². The van der Waals surface area contributed by atoms with E-state index in [1.54, 1.807) is 31.4 Å². The van der Waals surface area contributed by atoms with Gasteiger partial charge in [-0.05, 0) is 79.3 Å². The van der Waals surface area contributed by atoms with Gasteiger partial charge in [0.05, 0.1) is 12.7 Å². The van der Waals surface area contributed by atoms with E-state index in [0.29, 0.717) is 16.9 Å². The molecule has 0 aromatic heterocycles. The fourth-order valence-corrected chi connectivity index (χ4v) is 5.00. The first-order valence-corrected chi connectivity index (χ1v) is 12.6. The average molecular weight is 485 g/mol. The Morgan fingerprint density at radius 2 is 1.50 bits per heavy atom. The molecule has 2 heterocycles. The van der Waals surface area contributed by atoms with Gasteiger partial charge in [0.15, 0.2) is 0 Å². The van der Waals surface area contributed by atoms with Gasteiger partial charge in [-0.2, -0.15) is 0 Å². The molecule has 7 nitrogen and oxygen atoms in total. The number of carbonyl (C=O) groups excluding carboxylic acids is 2. The van der Waals surface area contributed by atoms with Gasteiger partial charge in [0.2, 0.25) is 0 Å². The van der Waals surface area contributed by atoms with Crippen LogP contribution in [0.1, 0.15) is 40.7 Å². The molecule has 0 spiro atoms. The predicted octanol–water partition coefficient (Wildman–Crippen LogP) is 5.53. The minimum Gasteiger partial charge on any atom is -0.497 e. The number of benzene rings is 3. The van der Waals surface area contributed by atoms with Crippen molar-refractivity contribution in [3.8, 4) is 5.75 Å². The van der Waals surface area contributed by atoms with Gasteiger partial charge in [0, 0.05) is 43.2 Å². The highest BCUT2D eigenvalue weighted by atomic mass is 16.5. The van der Waals surface area contributed by atoms with Gasteiger partial charge in [-0.1, -0.05) is 24.3 Å². The lowest BCUT2D eigenvalue weighted by atomic mass is 9.98. The molecule has 3 aromatic rings. The van der Waals surface area contributed by atoms with Crippen LogP contribution in [-0.4, -0.2) is 43.6 Å². The number of methoxy groups -OCH3 is 1. The van der Waals surface area contributed by atoms with Crippen molar-refractivity contribution in [2.75, 3.05) is 42.3 Å². The molecule has 7 heteroatoms. The number of nitrogens with zero attached hydrogens (tertiary/aromatic N) is 2. The van der Waals surface area contributed by atoms with E-state index in [1.807, 2.05) is 23.1 Å². The van der Waals surface area contributed by atoms with Crippen LogP contribution in [0, 0.1) is 0 Å². The van der Waals surface area contributed by atoms with E-state index < -0.39 is 0 Å². The number of amides is 3. The number of likely N-dealkylation sites (tertiary alicyclic amines) is 1. The highest BCUT2D eigenvalue weighted by Gasteiger charge is 2.25. The quantitative estimate of drug-likeness (QED) is 0.500. The molecule has 0 saturated carbocycles. The number of hydrogen-bond acceptors (Lipinski definition) is 4. The maximum atomic E-state index is 13.7. The molecule has 0 unspecified atom stereocenters. The Bertz CT molecular complexity index is 1240. The van der Waals surface area contributed by atoms with E-state index in [1.165, 1.54) is 11.1 Å². The van der Waals surface area contributed by atoms with Crippen LogP contribution in [0.15, 0.2) is 66.7 Å². The SMILES string of the molecule is COc1ccc(NC(=O)Nc2ccc(N3CCc4ccccc4C3)c(C(=O)N3CCCCC3)c2)cc1. The van der Waals surface area contributed by atoms with E-state index in [4.69, 9.17) is 4.74 Å². The maximum absolute atomic E-state index is 13.7. The summed E-state index contributed by atoms with van der Waals surface area (Å²) in [6, 6.07) is 20.9. The third kappa shape index (κ3) is 5.30. The van der Waals surface area contributed by atoms with Crippen molar-refractivity contribution < 1.29 is 14.3 Å². The van der Waals surface area contributed by atoms with Gasteiger partial charge in [-0.15, -0.1) is 0 Å². The molecule has 186 valence electrons. The number of rotatable bonds is 5. The van der Waals surface area contributed by atoms with Crippen LogP contribution in [-0.2, 0) is 13.0 Å². The summed E-state index contributed by atoms with van der Waals surface area (Å²) >= 11 is 0. The van der Waals surface area contributed by atoms with Crippen molar-refractivity contribution in [1.82, 2.24) is 4.90 Å². The molecule has 0 radical (unpaired) electrons. The van der Waals surface area contributed by atoms with Crippen molar-refractivity contribution in [3.63, 3.8) is 0 Å². The Kier molecular flexibility index (Phi) is 7.07. The van der Waals surface area contributed by atoms with Gasteiger partial charge in [-0.3, -0.25) is 4.79 Å². The molecule has 36 heavy (non-hydrogen) atoms. The fourth-order valence-electron chi connectivity index (χ4n) is 5.00. The fraction of sp³-hybridized carbons (Fsp3) is 0.310. The third-order valence-corrected chi connectivity index (χ3v) is 6.95. The summed E-state index contributed by atoms with van der Waals surface area (Å²) < 4.78 is 5.17. The molecule has 0 aliphatic carbocycles. The molecule has 2 N–H and O–H groups in total. The van der Waals surface area contributed by atoms with Gasteiger partial charge in [-0.25, -0.2) is 4.79 Å². The second kappa shape index (κ2) is 10.7. The number of ether oxygens (including phenoxy) is 1. The molecule has 3 aromatic carbocycles. The molecule has 1 fully saturated rings. The van der Waals surface area contributed by atoms with Crippen LogP contribution in [0.3, 0.4) is 0 Å². The van der Waals surface area contributed by atoms with Gasteiger partial charge in [0.25, 0.3) is 5.91 Å². The van der Waals surface area contributed by atoms with E-state index >= 15 is 0 Å². The van der Waals surface area contributed by atoms with E-state index in [0.717, 1.165) is 63.3 Å². The van der Waals surface area contributed by atoms with Crippen LogP contribution in [0.5, 0.6) is 5.75 Å². The van der Waals surface area contributed by atoms with E-state index in [-0.39, 0.29) is 11.9 Å². The summed E-state index contributed by atoms with van der Waals surface area (Å²) in [5.74, 6) is 0.750. The number of fused-ring (bicyclic) bond motifs is 1. The minimum absolute atomic E-state index is 0.0303. The van der Waals surface area contributed by atoms with Crippen molar-refractivity contribution in [2.45, 2.75) is 32.2 Å². The zero-order valence-corrected chi connectivity index (χ0v) is 20.6. The monoisotopic (exact) mass is 484 g/mol. The number of hydrogen-bond donors (Lipinski definition) is 2. The second-order valence-electron chi connectivity index (χ2n) is 9.33. The molecule has 3 amide bonds. The summed E-state index contributed by atoms with van der Waals surface area (Å²) in [6.07, 6.45) is 4.16. The molecular weight excluding hydrogens is 452 g/mol. The van der Waals surface area contributed by atoms with Crippen LogP contribution in [0.25, 0.3) is 0 Å². The van der Waals surface area contributed by atoms with Crippen LogP contribution in [0.2, 0.25) is 0 Å². The molecule has 1 saturated heterocycles. The highest BCUT2D eigenvalue weighted by molar-refractivity contribution is 6.04. The minimum atomic E-state index is -0.365. The first-order chi connectivity index (χ1) is 17.6. The third-order valence-electron chi connectivity index (χ3n) is 6.95. The largest absolute Gasteiger partial charge is 0.497 e. The van der Waals surface area contributed by atoms with Crippen LogP contribution in [0.4, 0.5) is 21.9 Å². The normalized spacial score (nSPS) is 15.1. The Hall–Kier alpha value is -4.00. The smallest absolute Gasteiger partial charge is 0.323 e. The van der Waals surface area contributed by atoms with Crippen molar-refractivity contribution in [3.05, 3.63) is 83.4 Å². The zero-order valence-electron chi connectivity index (χ0n) is 20.6. The number of piperidine rings is 1. The van der Waals surface area contributed by atoms with Crippen molar-refractivity contribution in [1.29, 1.82) is 0 Å². The molecule has 2 aliphatic heterocycles. The number of anilines is 3. The van der Waals surface area contributed by atoms with E-state index in [2.05, 4.69) is 39.8 Å². The lowest BCUT2D eigenvalue weighted by Gasteiger charge is -2.34. The summed E-state index contributed by atoms with van der Waals surface area (Å²) in [5.41, 5.74) is 5.45. The topological polar surface area (TPSA) is 73.9 Å². The van der Waals surface area contributed by atoms with Crippen LogP contribution < -0.4 is 20.3 Å². The van der Waals surface area contributed by atoms with Gasteiger partial charge >= 0.3 is 6.03 Å². The molecule has 0 bridgehead atoms. The second-order valence-corrected chi connectivity index (χ2v) is 9.33. The van der Waals surface area contributed by atoms with Crippen molar-refractivity contribution >= 4 is 29.0 Å². The summed E-state index contributed by atoms with van der Waals surface area (Å²) in [7, 11) is 1.60. The summed E-state index contributed by atoms with van der Waals surface area (Å²) in [6.45, 7) is 3.16. The standard InChI is InChI=1S/C29H32N4O3/c1-36-25-12-9-23(10-13-25)30-29(35)31-24-11-14-27(26(19-24)28(34)32-16-5-2-6-17-32)33-18-15-21-7-3-4-8-22(21)20-33/h3-4,7-14,19H,2,5-6,15-18,20H2,1H3,(H2,30,31,35). The first kappa shape index (κ1) is 23.7. The lowest BCUT2D eigenvalue weighted by Crippen LogP contribution is -2.38. The predicted molar refractivity (Wildman–Crippen MR) is 143 cm³/mol. The van der Waals surface area contributed by atoms with Gasteiger partial charge < -0.3 is 25.2 Å².